The zero-order valence-electron chi connectivity index (χ0n) is 16.7. The fourth-order valence-electron chi connectivity index (χ4n) is 3.16. The van der Waals surface area contributed by atoms with Gasteiger partial charge in [-0.15, -0.1) is 16.4 Å². The smallest absolute Gasteiger partial charge is 0.365 e. The number of carbonyl (C=O) groups is 2. The average Bonchev–Trinajstić information content (AvgIpc) is 3.34. The van der Waals surface area contributed by atoms with E-state index in [2.05, 4.69) is 36.4 Å². The van der Waals surface area contributed by atoms with Gasteiger partial charge in [0, 0.05) is 5.39 Å². The number of amides is 2. The van der Waals surface area contributed by atoms with Crippen LogP contribution in [0.4, 0.5) is 29.1 Å². The summed E-state index contributed by atoms with van der Waals surface area (Å²) < 4.78 is 53.8. The Morgan fingerprint density at radius 1 is 1.23 bits per heavy atom. The summed E-state index contributed by atoms with van der Waals surface area (Å²) in [4.78, 5) is 38.1. The van der Waals surface area contributed by atoms with E-state index in [0.29, 0.717) is 17.4 Å². The summed E-state index contributed by atoms with van der Waals surface area (Å²) >= 11 is 3.39. The Hall–Kier alpha value is -3.92. The maximum absolute atomic E-state index is 13.5. The van der Waals surface area contributed by atoms with Crippen molar-refractivity contribution in [1.29, 1.82) is 0 Å². The van der Waals surface area contributed by atoms with Crippen LogP contribution < -0.4 is 11.1 Å². The minimum atomic E-state index is -4.86. The van der Waals surface area contributed by atoms with Gasteiger partial charge in [0.1, 0.15) is 25.7 Å². The van der Waals surface area contributed by atoms with Crippen LogP contribution in [0.5, 0.6) is 0 Å². The number of rotatable bonds is 5. The molecule has 0 aliphatic heterocycles. The lowest BCUT2D eigenvalue weighted by atomic mass is 10.0. The lowest BCUT2D eigenvalue weighted by Gasteiger charge is -2.12. The molecule has 180 valence electrons. The van der Waals surface area contributed by atoms with E-state index < -0.39 is 45.9 Å². The van der Waals surface area contributed by atoms with E-state index in [0.717, 1.165) is 12.1 Å². The largest absolute Gasteiger partial charge is 0.433 e. The molecule has 3 aromatic heterocycles. The van der Waals surface area contributed by atoms with Crippen LogP contribution in [0.2, 0.25) is 0 Å². The van der Waals surface area contributed by atoms with Crippen molar-refractivity contribution >= 4 is 60.8 Å². The first-order valence-corrected chi connectivity index (χ1v) is 10.8. The Labute approximate surface area is 203 Å². The summed E-state index contributed by atoms with van der Waals surface area (Å²) in [5.41, 5.74) is 3.38. The van der Waals surface area contributed by atoms with Crippen molar-refractivity contribution in [2.75, 3.05) is 5.32 Å². The molecule has 0 unspecified atom stereocenters. The zero-order valence-corrected chi connectivity index (χ0v) is 19.1. The van der Waals surface area contributed by atoms with Gasteiger partial charge in [0.2, 0.25) is 0 Å². The summed E-state index contributed by atoms with van der Waals surface area (Å²) in [6, 6.07) is 5.16. The summed E-state index contributed by atoms with van der Waals surface area (Å²) in [6.45, 7) is 0. The first-order valence-electron chi connectivity index (χ1n) is 9.18. The highest BCUT2D eigenvalue weighted by Gasteiger charge is 2.35. The van der Waals surface area contributed by atoms with Gasteiger partial charge >= 0.3 is 12.0 Å². The van der Waals surface area contributed by atoms with Crippen molar-refractivity contribution in [1.82, 2.24) is 15.2 Å². The maximum Gasteiger partial charge on any atom is 0.433 e. The van der Waals surface area contributed by atoms with Gasteiger partial charge < -0.3 is 21.2 Å². The number of fused-ring (bicyclic) bond motifs is 1. The Morgan fingerprint density at radius 3 is 2.43 bits per heavy atom. The predicted octanol–water partition coefficient (Wildman–Crippen LogP) is 4.87. The number of thiophene rings is 1. The molecule has 0 aliphatic carbocycles. The van der Waals surface area contributed by atoms with E-state index in [9.17, 15) is 37.3 Å². The maximum atomic E-state index is 13.5. The number of benzene rings is 1. The summed E-state index contributed by atoms with van der Waals surface area (Å²) in [5, 5.41) is 18.9. The number of nitrogens with one attached hydrogen (secondary N) is 2. The van der Waals surface area contributed by atoms with Crippen molar-refractivity contribution < 1.29 is 32.1 Å². The monoisotopic (exact) mass is 572 g/mol. The minimum Gasteiger partial charge on any atom is -0.365 e. The van der Waals surface area contributed by atoms with Gasteiger partial charge in [0.25, 0.3) is 11.8 Å². The van der Waals surface area contributed by atoms with Crippen LogP contribution in [0.1, 0.15) is 25.9 Å². The zero-order chi connectivity index (χ0) is 25.7. The van der Waals surface area contributed by atoms with Crippen LogP contribution in [0, 0.1) is 15.9 Å². The Bertz CT molecular complexity index is 1520. The topological polar surface area (TPSA) is 157 Å². The molecule has 16 heteroatoms. The number of hydrogen-bond acceptors (Lipinski definition) is 7. The number of H-pyrrole nitrogens is 1. The number of hydrogen-bond donors (Lipinski definition) is 3. The van der Waals surface area contributed by atoms with E-state index in [-0.39, 0.29) is 36.4 Å². The molecule has 0 saturated carbocycles. The van der Waals surface area contributed by atoms with Crippen molar-refractivity contribution in [3.63, 3.8) is 0 Å². The van der Waals surface area contributed by atoms with E-state index in [1.807, 2.05) is 0 Å². The van der Waals surface area contributed by atoms with Gasteiger partial charge in [0.05, 0.1) is 5.69 Å². The van der Waals surface area contributed by atoms with Gasteiger partial charge in [-0.1, -0.05) is 17.2 Å². The van der Waals surface area contributed by atoms with Crippen LogP contribution in [-0.2, 0) is 6.18 Å². The lowest BCUT2D eigenvalue weighted by molar-refractivity contribution is -0.390. The van der Waals surface area contributed by atoms with Gasteiger partial charge in [-0.3, -0.25) is 9.59 Å². The third-order valence-electron chi connectivity index (χ3n) is 4.66. The fraction of sp³-hybridized carbons (Fsp3) is 0.0526. The Kier molecular flexibility index (Phi) is 6.02. The molecule has 3 heterocycles. The lowest BCUT2D eigenvalue weighted by Crippen LogP contribution is -2.17. The second kappa shape index (κ2) is 8.70. The second-order valence-corrected chi connectivity index (χ2v) is 8.65. The third-order valence-corrected chi connectivity index (χ3v) is 6.51. The molecule has 35 heavy (non-hydrogen) atoms. The number of anilines is 1. The summed E-state index contributed by atoms with van der Waals surface area (Å²) in [7, 11) is 0. The number of nitrogens with two attached hydrogens (primary N) is 1. The molecule has 0 spiro atoms. The van der Waals surface area contributed by atoms with Crippen LogP contribution in [0.3, 0.4) is 0 Å². The molecule has 4 aromatic rings. The molecule has 0 fully saturated rings. The highest BCUT2D eigenvalue weighted by molar-refractivity contribution is 9.10. The molecule has 2 amide bonds. The minimum absolute atomic E-state index is 0.0714. The Balaban J connectivity index is 1.96. The summed E-state index contributed by atoms with van der Waals surface area (Å²) in [6.07, 6.45) is -4.86. The van der Waals surface area contributed by atoms with Crippen LogP contribution >= 0.6 is 27.3 Å². The fourth-order valence-corrected chi connectivity index (χ4v) is 4.67. The van der Waals surface area contributed by atoms with Crippen molar-refractivity contribution in [3.05, 3.63) is 67.0 Å². The van der Waals surface area contributed by atoms with Crippen LogP contribution in [0.25, 0.3) is 21.3 Å². The van der Waals surface area contributed by atoms with Gasteiger partial charge in [-0.25, -0.2) is 9.37 Å². The van der Waals surface area contributed by atoms with Gasteiger partial charge in [-0.2, -0.15) is 13.2 Å². The molecule has 4 rings (SSSR count). The normalized spacial score (nSPS) is 11.6. The molecule has 1 aromatic carbocycles. The third kappa shape index (κ3) is 4.44. The molecule has 0 radical (unpaired) electrons. The number of carbonyl (C=O) groups excluding carboxylic acids is 2. The molecule has 4 N–H and O–H groups in total. The SMILES string of the molecule is NC(=O)c1sc2nc(C(F)(F)F)cc(-c3ccc(F)cc3)c2c1NC(=O)c1n[nH]c([N+](=O)[O-])c1Br. The molecular formula is C19H9BrF4N6O4S. The molecule has 0 atom stereocenters. The van der Waals surface area contributed by atoms with E-state index in [4.69, 9.17) is 5.73 Å². The molecular weight excluding hydrogens is 564 g/mol. The highest BCUT2D eigenvalue weighted by Crippen LogP contribution is 2.44. The van der Waals surface area contributed by atoms with Crippen molar-refractivity contribution in [2.24, 2.45) is 5.73 Å². The van der Waals surface area contributed by atoms with Gasteiger partial charge in [-0.05, 0) is 50.2 Å². The molecule has 0 bridgehead atoms. The van der Waals surface area contributed by atoms with E-state index >= 15 is 0 Å². The number of nitrogens with zero attached hydrogens (tertiary/aromatic N) is 3. The number of primary amides is 1. The highest BCUT2D eigenvalue weighted by atomic mass is 79.9. The van der Waals surface area contributed by atoms with E-state index in [1.54, 1.807) is 0 Å². The number of aromatic nitrogens is 3. The van der Waals surface area contributed by atoms with Crippen LogP contribution in [0.15, 0.2) is 34.8 Å². The standard InChI is InChI=1S/C19H9BrF4N6O4S/c20-11-13(28-29-16(11)30(33)34)17(32)27-12-10-8(6-1-3-7(21)4-2-6)5-9(19(22,23)24)26-18(10)35-14(12)15(25)31/h1-5H,(H2,25,31)(H,27,32)(H,28,29). The number of aromatic amines is 1. The first kappa shape index (κ1) is 24.2. The second-order valence-electron chi connectivity index (χ2n) is 6.86. The van der Waals surface area contributed by atoms with E-state index in [1.165, 1.54) is 12.1 Å². The van der Waals surface area contributed by atoms with Crippen molar-refractivity contribution in [3.8, 4) is 11.1 Å². The summed E-state index contributed by atoms with van der Waals surface area (Å²) in [5.74, 6) is -3.37. The number of halogens is 5. The molecule has 0 saturated heterocycles. The van der Waals surface area contributed by atoms with Crippen molar-refractivity contribution in [2.45, 2.75) is 6.18 Å². The molecule has 10 nitrogen and oxygen atoms in total. The van der Waals surface area contributed by atoms with Crippen LogP contribution in [-0.4, -0.2) is 31.9 Å². The molecule has 0 aliphatic rings. The Morgan fingerprint density at radius 2 is 1.89 bits per heavy atom. The quantitative estimate of drug-likeness (QED) is 0.176. The number of alkyl halides is 3. The number of pyridine rings is 1. The van der Waals surface area contributed by atoms with Gasteiger partial charge in [0.15, 0.2) is 5.69 Å². The average molecular weight is 573 g/mol. The number of nitro groups is 1. The predicted molar refractivity (Wildman–Crippen MR) is 119 cm³/mol. The first-order chi connectivity index (χ1) is 16.4.